The topological polar surface area (TPSA) is 73.6 Å². The van der Waals surface area contributed by atoms with E-state index in [9.17, 15) is 15.2 Å². The molecule has 0 spiro atoms. The van der Waals surface area contributed by atoms with Crippen LogP contribution in [0.25, 0.3) is 0 Å². The Morgan fingerprint density at radius 3 is 2.71 bits per heavy atom. The molecule has 3 rings (SSSR count). The number of amides is 1. The Morgan fingerprint density at radius 1 is 1.32 bits per heavy atom. The monoisotopic (exact) mass is 446 g/mol. The lowest BCUT2D eigenvalue weighted by atomic mass is 9.64. The Morgan fingerprint density at radius 2 is 2.06 bits per heavy atom. The Labute approximate surface area is 191 Å². The molecule has 0 radical (unpaired) electrons. The summed E-state index contributed by atoms with van der Waals surface area (Å²) >= 11 is 6.45. The summed E-state index contributed by atoms with van der Waals surface area (Å²) in [6, 6.07) is 5.66. The van der Waals surface area contributed by atoms with E-state index >= 15 is 0 Å². The molecule has 0 unspecified atom stereocenters. The second-order valence-corrected chi connectivity index (χ2v) is 10.3. The van der Waals surface area contributed by atoms with Gasteiger partial charge in [-0.3, -0.25) is 4.79 Å². The predicted molar refractivity (Wildman–Crippen MR) is 122 cm³/mol. The zero-order valence-corrected chi connectivity index (χ0v) is 19.9. The quantitative estimate of drug-likeness (QED) is 0.669. The molecule has 31 heavy (non-hydrogen) atoms. The van der Waals surface area contributed by atoms with Crippen molar-refractivity contribution < 1.29 is 14.6 Å². The summed E-state index contributed by atoms with van der Waals surface area (Å²) in [5.41, 5.74) is 0.351. The molecule has 1 saturated heterocycles. The van der Waals surface area contributed by atoms with Crippen LogP contribution >= 0.6 is 11.6 Å². The van der Waals surface area contributed by atoms with Gasteiger partial charge in [0.15, 0.2) is 0 Å². The molecule has 6 heteroatoms. The number of carbonyl (C=O) groups excluding carboxylic acids is 1. The first-order chi connectivity index (χ1) is 14.7. The molecule has 0 bridgehead atoms. The van der Waals surface area contributed by atoms with Crippen molar-refractivity contribution in [3.8, 4) is 11.8 Å². The van der Waals surface area contributed by atoms with Crippen molar-refractivity contribution in [1.29, 1.82) is 5.26 Å². The summed E-state index contributed by atoms with van der Waals surface area (Å²) in [4.78, 5) is 15.3. The fourth-order valence-electron chi connectivity index (χ4n) is 5.70. The van der Waals surface area contributed by atoms with Gasteiger partial charge >= 0.3 is 0 Å². The minimum atomic E-state index is -0.621. The maximum Gasteiger partial charge on any atom is 0.227 e. The van der Waals surface area contributed by atoms with Crippen LogP contribution < -0.4 is 4.74 Å². The van der Waals surface area contributed by atoms with Crippen molar-refractivity contribution in [2.24, 2.45) is 17.8 Å². The fourth-order valence-corrected chi connectivity index (χ4v) is 6.01. The second kappa shape index (κ2) is 9.79. The number of rotatable bonds is 6. The average molecular weight is 447 g/mol. The molecule has 1 amide bonds. The first-order valence-electron chi connectivity index (χ1n) is 11.4. The van der Waals surface area contributed by atoms with Gasteiger partial charge in [-0.05, 0) is 76.3 Å². The van der Waals surface area contributed by atoms with Crippen molar-refractivity contribution in [3.63, 3.8) is 0 Å². The third kappa shape index (κ3) is 5.35. The molecule has 1 heterocycles. The molecular formula is C25H35ClN2O3. The van der Waals surface area contributed by atoms with Crippen LogP contribution in [0, 0.1) is 29.1 Å². The molecule has 1 aliphatic heterocycles. The Hall–Kier alpha value is -1.77. The minimum absolute atomic E-state index is 0.0243. The van der Waals surface area contributed by atoms with Gasteiger partial charge in [0.1, 0.15) is 5.75 Å². The number of halogens is 1. The van der Waals surface area contributed by atoms with E-state index in [0.29, 0.717) is 39.7 Å². The van der Waals surface area contributed by atoms with Gasteiger partial charge < -0.3 is 14.7 Å². The van der Waals surface area contributed by atoms with Crippen LogP contribution in [-0.2, 0) is 11.2 Å². The third-order valence-electron chi connectivity index (χ3n) is 7.41. The van der Waals surface area contributed by atoms with Crippen LogP contribution in [-0.4, -0.2) is 41.2 Å². The van der Waals surface area contributed by atoms with Gasteiger partial charge in [0.05, 0.1) is 35.8 Å². The summed E-state index contributed by atoms with van der Waals surface area (Å²) in [5, 5.41) is 20.0. The lowest BCUT2D eigenvalue weighted by molar-refractivity contribution is -0.138. The van der Waals surface area contributed by atoms with Gasteiger partial charge in [0, 0.05) is 18.2 Å². The van der Waals surface area contributed by atoms with E-state index < -0.39 is 5.60 Å². The van der Waals surface area contributed by atoms with Gasteiger partial charge in [0.2, 0.25) is 5.91 Å². The van der Waals surface area contributed by atoms with Crippen LogP contribution in [0.1, 0.15) is 70.4 Å². The number of fused-ring (bicyclic) bond motifs is 1. The van der Waals surface area contributed by atoms with Crippen molar-refractivity contribution in [2.75, 3.05) is 13.7 Å². The molecule has 1 N–H and O–H groups in total. The van der Waals surface area contributed by atoms with Gasteiger partial charge in [-0.1, -0.05) is 24.4 Å². The normalized spacial score (nSPS) is 26.2. The third-order valence-corrected chi connectivity index (χ3v) is 7.82. The lowest BCUT2D eigenvalue weighted by Gasteiger charge is -2.50. The Balaban J connectivity index is 1.72. The predicted octanol–water partition coefficient (Wildman–Crippen LogP) is 4.97. The number of carbonyl (C=O) groups is 1. The van der Waals surface area contributed by atoms with Crippen molar-refractivity contribution in [2.45, 2.75) is 77.4 Å². The summed E-state index contributed by atoms with van der Waals surface area (Å²) in [6.07, 6.45) is 6.56. The van der Waals surface area contributed by atoms with E-state index in [1.807, 2.05) is 18.7 Å². The molecular weight excluding hydrogens is 412 g/mol. The number of hydrogen-bond donors (Lipinski definition) is 1. The second-order valence-electron chi connectivity index (χ2n) is 9.88. The molecule has 1 saturated carbocycles. The summed E-state index contributed by atoms with van der Waals surface area (Å²) in [7, 11) is 1.53. The highest BCUT2D eigenvalue weighted by Crippen LogP contribution is 2.45. The minimum Gasteiger partial charge on any atom is -0.495 e. The summed E-state index contributed by atoms with van der Waals surface area (Å²) in [5.74, 6) is 2.25. The fraction of sp³-hybridized carbons (Fsp3) is 0.680. The zero-order chi connectivity index (χ0) is 22.8. The summed E-state index contributed by atoms with van der Waals surface area (Å²) in [6.45, 7) is 6.68. The van der Waals surface area contributed by atoms with Gasteiger partial charge in [-0.15, -0.1) is 0 Å². The van der Waals surface area contributed by atoms with Crippen LogP contribution in [0.3, 0.4) is 0 Å². The van der Waals surface area contributed by atoms with E-state index in [-0.39, 0.29) is 18.4 Å². The number of methoxy groups -OCH3 is 1. The number of ether oxygens (including phenoxy) is 1. The van der Waals surface area contributed by atoms with Crippen molar-refractivity contribution in [3.05, 3.63) is 28.3 Å². The van der Waals surface area contributed by atoms with Gasteiger partial charge in [-0.2, -0.15) is 5.26 Å². The number of hydrogen-bond acceptors (Lipinski definition) is 4. The first-order valence-corrected chi connectivity index (χ1v) is 11.8. The van der Waals surface area contributed by atoms with Gasteiger partial charge in [-0.25, -0.2) is 0 Å². The number of benzene rings is 1. The molecule has 4 atom stereocenters. The number of piperidine rings is 1. The first kappa shape index (κ1) is 23.9. The maximum atomic E-state index is 13.3. The number of nitriles is 1. The van der Waals surface area contributed by atoms with E-state index in [0.717, 1.165) is 32.2 Å². The number of nitrogens with zero attached hydrogens (tertiary/aromatic N) is 2. The van der Waals surface area contributed by atoms with Crippen LogP contribution in [0.4, 0.5) is 0 Å². The Bertz CT molecular complexity index is 842. The molecule has 170 valence electrons. The van der Waals surface area contributed by atoms with E-state index in [1.54, 1.807) is 12.1 Å². The lowest BCUT2D eigenvalue weighted by Crippen LogP contribution is -2.53. The Kier molecular flexibility index (Phi) is 7.55. The molecule has 1 aromatic carbocycles. The van der Waals surface area contributed by atoms with Crippen LogP contribution in [0.2, 0.25) is 5.02 Å². The number of likely N-dealkylation sites (tertiary alicyclic amines) is 1. The van der Waals surface area contributed by atoms with Crippen LogP contribution in [0.5, 0.6) is 5.75 Å². The van der Waals surface area contributed by atoms with Crippen LogP contribution in [0.15, 0.2) is 12.1 Å². The van der Waals surface area contributed by atoms with Gasteiger partial charge in [0.25, 0.3) is 0 Å². The summed E-state index contributed by atoms with van der Waals surface area (Å²) < 4.78 is 5.28. The SMILES string of the molecule is COc1ccc(C#N)c(CC(=O)N2CC[C@H]3[C@H](CCC(C)(C)O)CCC[C@@H]3[C@@H]2C)c1Cl. The highest BCUT2D eigenvalue weighted by molar-refractivity contribution is 6.33. The van der Waals surface area contributed by atoms with E-state index in [2.05, 4.69) is 13.0 Å². The highest BCUT2D eigenvalue weighted by atomic mass is 35.5. The standard InChI is InChI=1S/C25H35ClN2O3/c1-16-19-7-5-6-17(10-12-25(2,3)30)20(19)11-13-28(16)23(29)14-21-18(15-27)8-9-22(31-4)24(21)26/h8-9,16-17,19-20,30H,5-7,10-14H2,1-4H3/t16-,17-,19+,20-/m0/s1. The average Bonchev–Trinajstić information content (AvgIpc) is 2.73. The smallest absolute Gasteiger partial charge is 0.227 e. The maximum absolute atomic E-state index is 13.3. The van der Waals surface area contributed by atoms with E-state index in [4.69, 9.17) is 16.3 Å². The molecule has 2 fully saturated rings. The zero-order valence-electron chi connectivity index (χ0n) is 19.2. The van der Waals surface area contributed by atoms with Crippen molar-refractivity contribution in [1.82, 2.24) is 4.90 Å². The number of aliphatic hydroxyl groups is 1. The largest absolute Gasteiger partial charge is 0.495 e. The molecule has 2 aliphatic rings. The van der Waals surface area contributed by atoms with E-state index in [1.165, 1.54) is 20.0 Å². The van der Waals surface area contributed by atoms with Crippen molar-refractivity contribution >= 4 is 17.5 Å². The molecule has 5 nitrogen and oxygen atoms in total. The highest BCUT2D eigenvalue weighted by Gasteiger charge is 2.42. The molecule has 0 aromatic heterocycles. The molecule has 1 aliphatic carbocycles. The molecule has 1 aromatic rings.